The van der Waals surface area contributed by atoms with Gasteiger partial charge in [-0.15, -0.1) is 0 Å². The highest BCUT2D eigenvalue weighted by atomic mass is 16.3. The number of ketones is 1. The van der Waals surface area contributed by atoms with Crippen molar-refractivity contribution in [3.8, 4) is 0 Å². The molecular weight excluding hydrogens is 216 g/mol. The van der Waals surface area contributed by atoms with Gasteiger partial charge in [0.1, 0.15) is 0 Å². The average molecular weight is 224 g/mol. The Kier molecular flexibility index (Phi) is 2.19. The number of fused-ring (bicyclic) bond motifs is 1. The van der Waals surface area contributed by atoms with E-state index in [9.17, 15) is 4.79 Å². The number of aromatic nitrogens is 2. The molecule has 0 bridgehead atoms. The van der Waals surface area contributed by atoms with E-state index >= 15 is 0 Å². The maximum Gasteiger partial charge on any atom is 0.265 e. The predicted molar refractivity (Wildman–Crippen MR) is 61.7 cm³/mol. The van der Waals surface area contributed by atoms with E-state index < -0.39 is 0 Å². The van der Waals surface area contributed by atoms with Crippen LogP contribution in [0.5, 0.6) is 0 Å². The van der Waals surface area contributed by atoms with Crippen LogP contribution < -0.4 is 0 Å². The first-order chi connectivity index (χ1) is 8.34. The molecule has 4 heteroatoms. The summed E-state index contributed by atoms with van der Waals surface area (Å²) >= 11 is 0. The molecule has 0 saturated carbocycles. The van der Waals surface area contributed by atoms with Crippen molar-refractivity contribution in [1.29, 1.82) is 0 Å². The van der Waals surface area contributed by atoms with Gasteiger partial charge in [-0.3, -0.25) is 4.79 Å². The van der Waals surface area contributed by atoms with E-state index in [4.69, 9.17) is 4.42 Å². The van der Waals surface area contributed by atoms with Crippen LogP contribution in [0.15, 0.2) is 53.3 Å². The molecule has 4 nitrogen and oxygen atoms in total. The lowest BCUT2D eigenvalue weighted by Gasteiger charge is -1.99. The van der Waals surface area contributed by atoms with Gasteiger partial charge in [-0.1, -0.05) is 18.2 Å². The van der Waals surface area contributed by atoms with Crippen molar-refractivity contribution in [1.82, 2.24) is 9.97 Å². The molecular formula is C13H8N2O2. The Hall–Kier alpha value is -2.49. The minimum atomic E-state index is -0.305. The van der Waals surface area contributed by atoms with Crippen LogP contribution in [-0.2, 0) is 0 Å². The summed E-state index contributed by atoms with van der Waals surface area (Å²) in [7, 11) is 0. The molecule has 0 aliphatic rings. The van der Waals surface area contributed by atoms with Crippen LogP contribution >= 0.6 is 0 Å². The second-order valence-electron chi connectivity index (χ2n) is 3.56. The van der Waals surface area contributed by atoms with Crippen molar-refractivity contribution in [3.05, 3.63) is 60.4 Å². The smallest absolute Gasteiger partial charge is 0.265 e. The summed E-state index contributed by atoms with van der Waals surface area (Å²) in [5, 5.41) is 0.906. The van der Waals surface area contributed by atoms with Gasteiger partial charge in [0.2, 0.25) is 5.82 Å². The zero-order chi connectivity index (χ0) is 11.7. The fraction of sp³-hybridized carbons (Fsp3) is 0. The van der Waals surface area contributed by atoms with Gasteiger partial charge < -0.3 is 4.42 Å². The molecule has 0 fully saturated rings. The normalized spacial score (nSPS) is 10.6. The van der Waals surface area contributed by atoms with Gasteiger partial charge in [0.25, 0.3) is 5.78 Å². The number of furan rings is 1. The molecule has 17 heavy (non-hydrogen) atoms. The number of benzene rings is 1. The molecule has 1 aromatic carbocycles. The van der Waals surface area contributed by atoms with Crippen molar-refractivity contribution >= 4 is 16.7 Å². The summed E-state index contributed by atoms with van der Waals surface area (Å²) in [5.74, 6) is 0.0969. The largest absolute Gasteiger partial charge is 0.461 e. The second-order valence-corrected chi connectivity index (χ2v) is 3.56. The topological polar surface area (TPSA) is 56.0 Å². The SMILES string of the molecule is O=C(c1ncc2ccccc2n1)c1ccco1. The molecule has 0 atom stereocenters. The summed E-state index contributed by atoms with van der Waals surface area (Å²) in [4.78, 5) is 20.2. The molecule has 0 aliphatic heterocycles. The van der Waals surface area contributed by atoms with Gasteiger partial charge in [-0.2, -0.15) is 0 Å². The van der Waals surface area contributed by atoms with Gasteiger partial charge >= 0.3 is 0 Å². The van der Waals surface area contributed by atoms with Crippen LogP contribution in [0.1, 0.15) is 16.4 Å². The van der Waals surface area contributed by atoms with E-state index in [2.05, 4.69) is 9.97 Å². The van der Waals surface area contributed by atoms with E-state index in [1.165, 1.54) is 6.26 Å². The molecule has 0 spiro atoms. The van der Waals surface area contributed by atoms with Crippen LogP contribution in [0.2, 0.25) is 0 Å². The first kappa shape index (κ1) is 9.72. The third-order valence-electron chi connectivity index (χ3n) is 2.44. The second kappa shape index (κ2) is 3.83. The molecule has 0 aliphatic carbocycles. The monoisotopic (exact) mass is 224 g/mol. The van der Waals surface area contributed by atoms with Crippen LogP contribution in [0.3, 0.4) is 0 Å². The van der Waals surface area contributed by atoms with Crippen LogP contribution in [0.25, 0.3) is 10.9 Å². The van der Waals surface area contributed by atoms with Crippen molar-refractivity contribution in [2.45, 2.75) is 0 Å². The summed E-state index contributed by atoms with van der Waals surface area (Å²) in [6.45, 7) is 0. The van der Waals surface area contributed by atoms with E-state index in [1.54, 1.807) is 18.3 Å². The Balaban J connectivity index is 2.09. The first-order valence-electron chi connectivity index (χ1n) is 5.14. The van der Waals surface area contributed by atoms with Crippen molar-refractivity contribution in [3.63, 3.8) is 0 Å². The molecule has 2 heterocycles. The first-order valence-corrected chi connectivity index (χ1v) is 5.14. The highest BCUT2D eigenvalue weighted by Crippen LogP contribution is 2.12. The molecule has 0 saturated heterocycles. The maximum absolute atomic E-state index is 11.9. The van der Waals surface area contributed by atoms with Crippen LogP contribution in [0.4, 0.5) is 0 Å². The number of para-hydroxylation sites is 1. The minimum Gasteiger partial charge on any atom is -0.461 e. The molecule has 3 rings (SSSR count). The van der Waals surface area contributed by atoms with Crippen molar-refractivity contribution in [2.75, 3.05) is 0 Å². The lowest BCUT2D eigenvalue weighted by Crippen LogP contribution is -2.05. The summed E-state index contributed by atoms with van der Waals surface area (Å²) in [5.41, 5.74) is 0.748. The lowest BCUT2D eigenvalue weighted by atomic mass is 10.2. The van der Waals surface area contributed by atoms with Gasteiger partial charge in [-0.05, 0) is 18.2 Å². The Morgan fingerprint density at radius 2 is 2.00 bits per heavy atom. The summed E-state index contributed by atoms with van der Waals surface area (Å²) < 4.78 is 5.03. The number of hydrogen-bond acceptors (Lipinski definition) is 4. The Labute approximate surface area is 96.9 Å². The number of carbonyl (C=O) groups excluding carboxylic acids is 1. The minimum absolute atomic E-state index is 0.152. The fourth-order valence-electron chi connectivity index (χ4n) is 1.60. The highest BCUT2D eigenvalue weighted by molar-refractivity contribution is 6.05. The van der Waals surface area contributed by atoms with Crippen molar-refractivity contribution in [2.24, 2.45) is 0 Å². The predicted octanol–water partition coefficient (Wildman–Crippen LogP) is 2.45. The van der Waals surface area contributed by atoms with Crippen LogP contribution in [0, 0.1) is 0 Å². The lowest BCUT2D eigenvalue weighted by molar-refractivity contribution is 0.0999. The average Bonchev–Trinajstić information content (AvgIpc) is 2.91. The zero-order valence-corrected chi connectivity index (χ0v) is 8.83. The van der Waals surface area contributed by atoms with Gasteiger partial charge in [0.05, 0.1) is 11.8 Å². The number of rotatable bonds is 2. The molecule has 2 aromatic heterocycles. The zero-order valence-electron chi connectivity index (χ0n) is 8.83. The highest BCUT2D eigenvalue weighted by Gasteiger charge is 2.15. The van der Waals surface area contributed by atoms with Gasteiger partial charge in [-0.25, -0.2) is 9.97 Å². The molecule has 0 unspecified atom stereocenters. The molecule has 0 amide bonds. The fourth-order valence-corrected chi connectivity index (χ4v) is 1.60. The van der Waals surface area contributed by atoms with E-state index in [0.717, 1.165) is 10.9 Å². The number of nitrogens with zero attached hydrogens (tertiary/aromatic N) is 2. The standard InChI is InChI=1S/C13H8N2O2/c16-12(11-6-3-7-17-11)13-14-8-9-4-1-2-5-10(9)15-13/h1-8H. The van der Waals surface area contributed by atoms with Gasteiger partial charge in [0.15, 0.2) is 5.76 Å². The third kappa shape index (κ3) is 1.69. The Morgan fingerprint density at radius 3 is 2.82 bits per heavy atom. The van der Waals surface area contributed by atoms with E-state index in [-0.39, 0.29) is 17.4 Å². The van der Waals surface area contributed by atoms with Crippen molar-refractivity contribution < 1.29 is 9.21 Å². The third-order valence-corrected chi connectivity index (χ3v) is 2.44. The maximum atomic E-state index is 11.9. The Bertz CT molecular complexity index is 675. The summed E-state index contributed by atoms with van der Waals surface area (Å²) in [6.07, 6.45) is 3.09. The molecule has 0 radical (unpaired) electrons. The summed E-state index contributed by atoms with van der Waals surface area (Å²) in [6, 6.07) is 10.8. The quantitative estimate of drug-likeness (QED) is 0.627. The number of carbonyl (C=O) groups is 1. The molecule has 0 N–H and O–H groups in total. The van der Waals surface area contributed by atoms with Gasteiger partial charge in [0, 0.05) is 11.6 Å². The molecule has 3 aromatic rings. The van der Waals surface area contributed by atoms with E-state index in [0.29, 0.717) is 0 Å². The van der Waals surface area contributed by atoms with E-state index in [1.807, 2.05) is 24.3 Å². The molecule has 82 valence electrons. The Morgan fingerprint density at radius 1 is 1.12 bits per heavy atom. The van der Waals surface area contributed by atoms with Crippen LogP contribution in [-0.4, -0.2) is 15.8 Å². The number of hydrogen-bond donors (Lipinski definition) is 0.